The lowest BCUT2D eigenvalue weighted by atomic mass is 9.74. The lowest BCUT2D eigenvalue weighted by Gasteiger charge is -2.38. The maximum Gasteiger partial charge on any atom is 0.253 e. The number of nitrogen functional groups attached to an aromatic ring is 1. The Labute approximate surface area is 140 Å². The summed E-state index contributed by atoms with van der Waals surface area (Å²) in [6, 6.07) is 13.5. The van der Waals surface area contributed by atoms with Gasteiger partial charge in [0.05, 0.1) is 5.56 Å². The number of rotatable bonds is 4. The van der Waals surface area contributed by atoms with Crippen molar-refractivity contribution in [1.29, 1.82) is 0 Å². The Bertz CT molecular complexity index is 710. The second kappa shape index (κ2) is 7.01. The molecule has 3 rings (SSSR count). The van der Waals surface area contributed by atoms with Crippen LogP contribution in [0.1, 0.15) is 28.8 Å². The first-order valence-electron chi connectivity index (χ1n) is 8.07. The van der Waals surface area contributed by atoms with Gasteiger partial charge in [-0.2, -0.15) is 0 Å². The zero-order chi connectivity index (χ0) is 17.0. The first kappa shape index (κ1) is 16.5. The quantitative estimate of drug-likeness (QED) is 0.848. The number of para-hydroxylation sites is 1. The molecule has 126 valence electrons. The van der Waals surface area contributed by atoms with E-state index in [9.17, 15) is 9.18 Å². The van der Waals surface area contributed by atoms with Crippen molar-refractivity contribution in [2.75, 3.05) is 25.5 Å². The Balaban J connectivity index is 1.79. The molecule has 1 fully saturated rings. The van der Waals surface area contributed by atoms with Gasteiger partial charge in [-0.3, -0.25) is 4.79 Å². The van der Waals surface area contributed by atoms with Gasteiger partial charge in [0.2, 0.25) is 0 Å². The normalized spacial score (nSPS) is 16.5. The molecular formula is C19H21FN2O2. The van der Waals surface area contributed by atoms with Crippen LogP contribution in [-0.4, -0.2) is 25.7 Å². The molecule has 2 aromatic carbocycles. The number of benzene rings is 2. The number of carbonyl (C=O) groups excluding carboxylic acids is 1. The number of hydrogen-bond acceptors (Lipinski definition) is 3. The molecule has 0 aliphatic carbocycles. The minimum absolute atomic E-state index is 0.193. The van der Waals surface area contributed by atoms with Crippen molar-refractivity contribution in [2.24, 2.45) is 0 Å². The minimum atomic E-state index is -0.262. The van der Waals surface area contributed by atoms with Gasteiger partial charge in [0.1, 0.15) is 5.82 Å². The summed E-state index contributed by atoms with van der Waals surface area (Å²) in [4.78, 5) is 12.5. The van der Waals surface area contributed by atoms with E-state index in [1.165, 1.54) is 12.1 Å². The second-order valence-electron chi connectivity index (χ2n) is 6.17. The van der Waals surface area contributed by atoms with E-state index in [-0.39, 0.29) is 17.1 Å². The van der Waals surface area contributed by atoms with Crippen molar-refractivity contribution in [2.45, 2.75) is 18.3 Å². The number of ether oxygens (including phenoxy) is 1. The highest BCUT2D eigenvalue weighted by Crippen LogP contribution is 2.34. The third-order valence-electron chi connectivity index (χ3n) is 4.70. The highest BCUT2D eigenvalue weighted by atomic mass is 19.1. The average molecular weight is 328 g/mol. The average Bonchev–Trinajstić information content (AvgIpc) is 2.61. The van der Waals surface area contributed by atoms with Gasteiger partial charge in [-0.1, -0.05) is 24.3 Å². The summed E-state index contributed by atoms with van der Waals surface area (Å²) in [6.07, 6.45) is 1.56. The first-order chi connectivity index (χ1) is 11.6. The zero-order valence-corrected chi connectivity index (χ0v) is 13.4. The Morgan fingerprint density at radius 1 is 1.12 bits per heavy atom. The molecule has 0 atom stereocenters. The van der Waals surface area contributed by atoms with E-state index in [1.807, 2.05) is 0 Å². The summed E-state index contributed by atoms with van der Waals surface area (Å²) in [6.45, 7) is 1.72. The molecule has 1 amide bonds. The van der Waals surface area contributed by atoms with Crippen molar-refractivity contribution < 1.29 is 13.9 Å². The van der Waals surface area contributed by atoms with Crippen LogP contribution >= 0.6 is 0 Å². The largest absolute Gasteiger partial charge is 0.398 e. The fourth-order valence-electron chi connectivity index (χ4n) is 3.18. The van der Waals surface area contributed by atoms with Crippen LogP contribution in [0.4, 0.5) is 10.1 Å². The molecule has 1 aliphatic rings. The summed E-state index contributed by atoms with van der Waals surface area (Å²) in [5.74, 6) is -0.455. The summed E-state index contributed by atoms with van der Waals surface area (Å²) in [5.41, 5.74) is 7.57. The number of hydrogen-bond donors (Lipinski definition) is 2. The number of nitrogens with one attached hydrogen (secondary N) is 1. The molecular weight excluding hydrogens is 307 g/mol. The van der Waals surface area contributed by atoms with E-state index in [0.29, 0.717) is 31.0 Å². The summed E-state index contributed by atoms with van der Waals surface area (Å²) < 4.78 is 18.7. The number of carbonyl (C=O) groups is 1. The van der Waals surface area contributed by atoms with Gasteiger partial charge in [0.25, 0.3) is 5.91 Å². The van der Waals surface area contributed by atoms with E-state index in [2.05, 4.69) is 5.32 Å². The maximum absolute atomic E-state index is 13.3. The van der Waals surface area contributed by atoms with E-state index in [4.69, 9.17) is 10.5 Å². The van der Waals surface area contributed by atoms with Crippen LogP contribution in [0.15, 0.2) is 48.5 Å². The highest BCUT2D eigenvalue weighted by Gasteiger charge is 2.35. The van der Waals surface area contributed by atoms with Crippen molar-refractivity contribution in [3.8, 4) is 0 Å². The monoisotopic (exact) mass is 328 g/mol. The number of anilines is 1. The standard InChI is InChI=1S/C19H21FN2O2/c20-15-7-5-14(6-8-15)19(9-11-24-12-10-19)13-22-18(23)16-3-1-2-4-17(16)21/h1-8H,9-13,21H2,(H,22,23). The SMILES string of the molecule is Nc1ccccc1C(=O)NCC1(c2ccc(F)cc2)CCOCC1. The lowest BCUT2D eigenvalue weighted by Crippen LogP contribution is -2.44. The van der Waals surface area contributed by atoms with E-state index in [1.54, 1.807) is 36.4 Å². The van der Waals surface area contributed by atoms with Gasteiger partial charge in [0.15, 0.2) is 0 Å². The van der Waals surface area contributed by atoms with Gasteiger partial charge >= 0.3 is 0 Å². The van der Waals surface area contributed by atoms with Crippen LogP contribution in [0.3, 0.4) is 0 Å². The van der Waals surface area contributed by atoms with Crippen LogP contribution in [0.25, 0.3) is 0 Å². The van der Waals surface area contributed by atoms with Crippen LogP contribution in [-0.2, 0) is 10.2 Å². The summed E-state index contributed by atoms with van der Waals surface area (Å²) >= 11 is 0. The van der Waals surface area contributed by atoms with E-state index < -0.39 is 0 Å². The molecule has 1 saturated heterocycles. The molecule has 0 unspecified atom stereocenters. The summed E-state index contributed by atoms with van der Waals surface area (Å²) in [7, 11) is 0. The van der Waals surface area contributed by atoms with Crippen LogP contribution < -0.4 is 11.1 Å². The molecule has 3 N–H and O–H groups in total. The molecule has 24 heavy (non-hydrogen) atoms. The van der Waals surface area contributed by atoms with E-state index in [0.717, 1.165) is 18.4 Å². The maximum atomic E-state index is 13.3. The topological polar surface area (TPSA) is 64.4 Å². The van der Waals surface area contributed by atoms with Crippen molar-refractivity contribution in [3.05, 3.63) is 65.5 Å². The molecule has 0 saturated carbocycles. The van der Waals surface area contributed by atoms with Crippen LogP contribution in [0, 0.1) is 5.82 Å². The van der Waals surface area contributed by atoms with Crippen molar-refractivity contribution in [1.82, 2.24) is 5.32 Å². The third kappa shape index (κ3) is 3.41. The fourth-order valence-corrected chi connectivity index (χ4v) is 3.18. The van der Waals surface area contributed by atoms with Gasteiger partial charge in [-0.25, -0.2) is 4.39 Å². The van der Waals surface area contributed by atoms with Crippen molar-refractivity contribution >= 4 is 11.6 Å². The van der Waals surface area contributed by atoms with Crippen LogP contribution in [0.5, 0.6) is 0 Å². The molecule has 0 radical (unpaired) electrons. The third-order valence-corrected chi connectivity index (χ3v) is 4.70. The number of halogens is 1. The molecule has 1 aliphatic heterocycles. The number of amides is 1. The predicted molar refractivity (Wildman–Crippen MR) is 91.3 cm³/mol. The zero-order valence-electron chi connectivity index (χ0n) is 13.4. The highest BCUT2D eigenvalue weighted by molar-refractivity contribution is 5.99. The molecule has 0 bridgehead atoms. The van der Waals surface area contributed by atoms with E-state index >= 15 is 0 Å². The lowest BCUT2D eigenvalue weighted by molar-refractivity contribution is 0.0487. The van der Waals surface area contributed by atoms with Crippen LogP contribution in [0.2, 0.25) is 0 Å². The fraction of sp³-hybridized carbons (Fsp3) is 0.316. The predicted octanol–water partition coefficient (Wildman–Crippen LogP) is 2.89. The Morgan fingerprint density at radius 2 is 1.79 bits per heavy atom. The Morgan fingerprint density at radius 3 is 2.46 bits per heavy atom. The first-order valence-corrected chi connectivity index (χ1v) is 8.07. The molecule has 0 aromatic heterocycles. The Kier molecular flexibility index (Phi) is 4.81. The minimum Gasteiger partial charge on any atom is -0.398 e. The smallest absolute Gasteiger partial charge is 0.253 e. The Hall–Kier alpha value is -2.40. The number of nitrogens with two attached hydrogens (primary N) is 1. The van der Waals surface area contributed by atoms with Gasteiger partial charge in [-0.15, -0.1) is 0 Å². The van der Waals surface area contributed by atoms with Gasteiger partial charge < -0.3 is 15.8 Å². The summed E-state index contributed by atoms with van der Waals surface area (Å²) in [5, 5.41) is 3.00. The molecule has 0 spiro atoms. The molecule has 5 heteroatoms. The van der Waals surface area contributed by atoms with Crippen molar-refractivity contribution in [3.63, 3.8) is 0 Å². The molecule has 2 aromatic rings. The van der Waals surface area contributed by atoms with Gasteiger partial charge in [0, 0.05) is 30.9 Å². The molecule has 1 heterocycles. The second-order valence-corrected chi connectivity index (χ2v) is 6.17. The van der Waals surface area contributed by atoms with Gasteiger partial charge in [-0.05, 0) is 42.7 Å². The molecule has 4 nitrogen and oxygen atoms in total.